The molecule has 1 aromatic carbocycles. The van der Waals surface area contributed by atoms with E-state index >= 15 is 0 Å². The van der Waals surface area contributed by atoms with Gasteiger partial charge in [-0.05, 0) is 23.8 Å². The fourth-order valence-electron chi connectivity index (χ4n) is 1.37. The summed E-state index contributed by atoms with van der Waals surface area (Å²) in [5.41, 5.74) is 7.33. The molecule has 0 saturated heterocycles. The van der Waals surface area contributed by atoms with Crippen LogP contribution in [0.3, 0.4) is 0 Å². The number of nitrogens with one attached hydrogen (secondary N) is 1. The zero-order valence-corrected chi connectivity index (χ0v) is 11.5. The molecule has 2 aromatic rings. The Hall–Kier alpha value is -1.21. The number of aromatic nitrogens is 3. The second-order valence-electron chi connectivity index (χ2n) is 3.55. The molecule has 0 unspecified atom stereocenters. The average molecular weight is 315 g/mol. The zero-order valence-electron chi connectivity index (χ0n) is 9.11. The molecule has 17 heavy (non-hydrogen) atoms. The molecule has 90 valence electrons. The van der Waals surface area contributed by atoms with E-state index in [4.69, 9.17) is 5.73 Å². The molecule has 0 radical (unpaired) electrons. The highest BCUT2D eigenvalue weighted by Gasteiger charge is 2.05. The van der Waals surface area contributed by atoms with Gasteiger partial charge in [-0.1, -0.05) is 27.7 Å². The van der Waals surface area contributed by atoms with Gasteiger partial charge in [0.15, 0.2) is 5.16 Å². The van der Waals surface area contributed by atoms with Crippen molar-refractivity contribution in [3.8, 4) is 0 Å². The smallest absolute Gasteiger partial charge is 0.343 e. The highest BCUT2D eigenvalue weighted by atomic mass is 79.9. The lowest BCUT2D eigenvalue weighted by Gasteiger charge is -2.03. The first-order valence-corrected chi connectivity index (χ1v) is 6.63. The first-order valence-electron chi connectivity index (χ1n) is 4.85. The van der Waals surface area contributed by atoms with Gasteiger partial charge in [-0.15, -0.1) is 5.10 Å². The highest BCUT2D eigenvalue weighted by Crippen LogP contribution is 2.23. The summed E-state index contributed by atoms with van der Waals surface area (Å²) in [5, 5.41) is 6.98. The lowest BCUT2D eigenvalue weighted by molar-refractivity contribution is 0.766. The molecule has 0 fully saturated rings. The van der Waals surface area contributed by atoms with Crippen LogP contribution in [-0.2, 0) is 12.8 Å². The third-order valence-electron chi connectivity index (χ3n) is 2.19. The molecule has 7 heteroatoms. The third-order valence-corrected chi connectivity index (χ3v) is 3.75. The summed E-state index contributed by atoms with van der Waals surface area (Å²) in [6, 6.07) is 5.75. The number of H-pyrrole nitrogens is 1. The molecule has 5 nitrogen and oxygen atoms in total. The van der Waals surface area contributed by atoms with E-state index in [0.717, 1.165) is 10.0 Å². The minimum Gasteiger partial charge on any atom is -0.399 e. The fourth-order valence-corrected chi connectivity index (χ4v) is 2.78. The van der Waals surface area contributed by atoms with Crippen LogP contribution in [0.25, 0.3) is 0 Å². The normalized spacial score (nSPS) is 10.7. The maximum absolute atomic E-state index is 11.2. The first kappa shape index (κ1) is 12.3. The van der Waals surface area contributed by atoms with E-state index in [9.17, 15) is 4.79 Å². The Labute approximate surface area is 111 Å². The molecular weight excluding hydrogens is 304 g/mol. The van der Waals surface area contributed by atoms with Crippen molar-refractivity contribution in [2.45, 2.75) is 10.9 Å². The van der Waals surface area contributed by atoms with Crippen LogP contribution < -0.4 is 11.4 Å². The number of nitrogen functional groups attached to an aromatic ring is 1. The summed E-state index contributed by atoms with van der Waals surface area (Å²) >= 11 is 4.87. The number of aromatic amines is 1. The number of hydrogen-bond acceptors (Lipinski definition) is 4. The van der Waals surface area contributed by atoms with Crippen molar-refractivity contribution in [2.75, 3.05) is 5.73 Å². The molecule has 0 spiro atoms. The zero-order chi connectivity index (χ0) is 12.4. The second kappa shape index (κ2) is 4.97. The van der Waals surface area contributed by atoms with Crippen molar-refractivity contribution in [1.82, 2.24) is 14.8 Å². The summed E-state index contributed by atoms with van der Waals surface area (Å²) < 4.78 is 2.43. The Morgan fingerprint density at radius 1 is 1.53 bits per heavy atom. The molecular formula is C10H11BrN4OS. The average Bonchev–Trinajstić information content (AvgIpc) is 2.56. The van der Waals surface area contributed by atoms with E-state index in [0.29, 0.717) is 16.6 Å². The first-order chi connectivity index (χ1) is 8.06. The van der Waals surface area contributed by atoms with Crippen molar-refractivity contribution in [3.05, 3.63) is 38.7 Å². The second-order valence-corrected chi connectivity index (χ2v) is 5.41. The summed E-state index contributed by atoms with van der Waals surface area (Å²) in [6.07, 6.45) is 0. The fraction of sp³-hybridized carbons (Fsp3) is 0.200. The minimum atomic E-state index is -0.207. The highest BCUT2D eigenvalue weighted by molar-refractivity contribution is 9.10. The van der Waals surface area contributed by atoms with Gasteiger partial charge in [0.2, 0.25) is 0 Å². The Bertz CT molecular complexity index is 572. The third kappa shape index (κ3) is 2.92. The topological polar surface area (TPSA) is 76.7 Å². The van der Waals surface area contributed by atoms with Crippen molar-refractivity contribution >= 4 is 33.4 Å². The van der Waals surface area contributed by atoms with E-state index in [-0.39, 0.29) is 5.69 Å². The largest absolute Gasteiger partial charge is 0.399 e. The number of nitrogens with two attached hydrogens (primary N) is 1. The van der Waals surface area contributed by atoms with E-state index in [2.05, 4.69) is 26.1 Å². The predicted molar refractivity (Wildman–Crippen MR) is 71.9 cm³/mol. The van der Waals surface area contributed by atoms with Gasteiger partial charge in [0, 0.05) is 23.0 Å². The Morgan fingerprint density at radius 2 is 2.29 bits per heavy atom. The van der Waals surface area contributed by atoms with Gasteiger partial charge in [-0.2, -0.15) is 0 Å². The van der Waals surface area contributed by atoms with Crippen LogP contribution >= 0.6 is 27.7 Å². The molecule has 1 aromatic heterocycles. The molecule has 0 amide bonds. The lowest BCUT2D eigenvalue weighted by atomic mass is 10.2. The maximum atomic E-state index is 11.2. The summed E-state index contributed by atoms with van der Waals surface area (Å²) in [4.78, 5) is 11.2. The van der Waals surface area contributed by atoms with Gasteiger partial charge < -0.3 is 5.73 Å². The molecule has 0 aliphatic rings. The van der Waals surface area contributed by atoms with Crippen LogP contribution in [0.5, 0.6) is 0 Å². The molecule has 0 saturated carbocycles. The number of benzene rings is 1. The summed E-state index contributed by atoms with van der Waals surface area (Å²) in [7, 11) is 1.68. The minimum absolute atomic E-state index is 0.207. The van der Waals surface area contributed by atoms with E-state index in [1.54, 1.807) is 7.05 Å². The number of thioether (sulfide) groups is 1. The number of anilines is 1. The van der Waals surface area contributed by atoms with Gasteiger partial charge >= 0.3 is 5.69 Å². The van der Waals surface area contributed by atoms with Crippen molar-refractivity contribution in [1.29, 1.82) is 0 Å². The number of halogens is 1. The van der Waals surface area contributed by atoms with Crippen molar-refractivity contribution < 1.29 is 0 Å². The molecule has 1 heterocycles. The lowest BCUT2D eigenvalue weighted by Crippen LogP contribution is -2.12. The Kier molecular flexibility index (Phi) is 3.58. The van der Waals surface area contributed by atoms with Gasteiger partial charge in [-0.3, -0.25) is 4.57 Å². The quantitative estimate of drug-likeness (QED) is 0.668. The number of nitrogens with zero attached hydrogens (tertiary/aromatic N) is 2. The molecule has 0 aliphatic heterocycles. The van der Waals surface area contributed by atoms with Crippen molar-refractivity contribution in [2.24, 2.45) is 7.05 Å². The van der Waals surface area contributed by atoms with Crippen molar-refractivity contribution in [3.63, 3.8) is 0 Å². The van der Waals surface area contributed by atoms with E-state index < -0.39 is 0 Å². The van der Waals surface area contributed by atoms with Crippen LogP contribution in [0.4, 0.5) is 5.69 Å². The SMILES string of the molecule is Cn1c(SCc2cc(N)cc(Br)c2)n[nH]c1=O. The predicted octanol–water partition coefficient (Wildman–Crippen LogP) is 1.75. The molecule has 3 N–H and O–H groups in total. The molecule has 2 rings (SSSR count). The van der Waals surface area contributed by atoms with Gasteiger partial charge in [-0.25, -0.2) is 9.89 Å². The summed E-state index contributed by atoms with van der Waals surface area (Å²) in [6.45, 7) is 0. The van der Waals surface area contributed by atoms with Crippen LogP contribution in [-0.4, -0.2) is 14.8 Å². The molecule has 0 bridgehead atoms. The maximum Gasteiger partial charge on any atom is 0.343 e. The van der Waals surface area contributed by atoms with Crippen LogP contribution in [0.15, 0.2) is 32.6 Å². The van der Waals surface area contributed by atoms with Gasteiger partial charge in [0.05, 0.1) is 0 Å². The Morgan fingerprint density at radius 3 is 2.88 bits per heavy atom. The molecule has 0 atom stereocenters. The van der Waals surface area contributed by atoms with E-state index in [1.165, 1.54) is 16.3 Å². The molecule has 0 aliphatic carbocycles. The monoisotopic (exact) mass is 314 g/mol. The van der Waals surface area contributed by atoms with Gasteiger partial charge in [0.25, 0.3) is 0 Å². The number of hydrogen-bond donors (Lipinski definition) is 2. The standard InChI is InChI=1S/C10H11BrN4OS/c1-15-9(16)13-14-10(15)17-5-6-2-7(11)4-8(12)3-6/h2-4H,5,12H2,1H3,(H,13,16). The van der Waals surface area contributed by atoms with Gasteiger partial charge in [0.1, 0.15) is 0 Å². The Balaban J connectivity index is 2.12. The van der Waals surface area contributed by atoms with Crippen LogP contribution in [0, 0.1) is 0 Å². The van der Waals surface area contributed by atoms with Crippen LogP contribution in [0.2, 0.25) is 0 Å². The van der Waals surface area contributed by atoms with Crippen LogP contribution in [0.1, 0.15) is 5.56 Å². The van der Waals surface area contributed by atoms with E-state index in [1.807, 2.05) is 18.2 Å². The summed E-state index contributed by atoms with van der Waals surface area (Å²) in [5.74, 6) is 0.710. The number of rotatable bonds is 3.